The van der Waals surface area contributed by atoms with Crippen molar-refractivity contribution >= 4 is 5.78 Å². The summed E-state index contributed by atoms with van der Waals surface area (Å²) in [6.07, 6.45) is 5.39. The van der Waals surface area contributed by atoms with Crippen LogP contribution in [0.3, 0.4) is 0 Å². The average Bonchev–Trinajstić information content (AvgIpc) is 2.88. The fourth-order valence-electron chi connectivity index (χ4n) is 3.50. The monoisotopic (exact) mass is 276 g/mol. The summed E-state index contributed by atoms with van der Waals surface area (Å²) in [5.41, 5.74) is 0. The number of rotatable bonds is 4. The number of fused-ring (bicyclic) bond motifs is 1. The van der Waals surface area contributed by atoms with E-state index in [-0.39, 0.29) is 23.9 Å². The summed E-state index contributed by atoms with van der Waals surface area (Å²) < 4.78 is 0. The summed E-state index contributed by atoms with van der Waals surface area (Å²) in [6.45, 7) is 3.76. The summed E-state index contributed by atoms with van der Waals surface area (Å²) in [5.74, 6) is 6.83. The summed E-state index contributed by atoms with van der Waals surface area (Å²) in [5, 5.41) is 20.2. The quantitative estimate of drug-likeness (QED) is 0.609. The summed E-state index contributed by atoms with van der Waals surface area (Å²) >= 11 is 0. The van der Waals surface area contributed by atoms with Crippen LogP contribution < -0.4 is 0 Å². The highest BCUT2D eigenvalue weighted by Gasteiger charge is 2.46. The second-order valence-electron chi connectivity index (χ2n) is 6.23. The van der Waals surface area contributed by atoms with Gasteiger partial charge in [-0.05, 0) is 31.1 Å². The van der Waals surface area contributed by atoms with E-state index in [1.165, 1.54) is 0 Å². The molecule has 2 aliphatic rings. The van der Waals surface area contributed by atoms with E-state index in [4.69, 9.17) is 0 Å². The fourth-order valence-corrected chi connectivity index (χ4v) is 3.50. The molecule has 2 fully saturated rings. The Bertz CT molecular complexity index is 443. The van der Waals surface area contributed by atoms with Gasteiger partial charge in [0.2, 0.25) is 0 Å². The number of aliphatic hydroxyl groups is 2. The number of aliphatic hydroxyl groups excluding tert-OH is 2. The van der Waals surface area contributed by atoms with Crippen molar-refractivity contribution in [2.24, 2.45) is 23.7 Å². The lowest BCUT2D eigenvalue weighted by atomic mass is 9.90. The van der Waals surface area contributed by atoms with Crippen molar-refractivity contribution in [3.05, 3.63) is 12.2 Å². The predicted octanol–water partition coefficient (Wildman–Crippen LogP) is 1.93. The largest absolute Gasteiger partial charge is 0.392 e. The van der Waals surface area contributed by atoms with Gasteiger partial charge in [-0.2, -0.15) is 0 Å². The molecule has 110 valence electrons. The molecule has 0 aromatic heterocycles. The van der Waals surface area contributed by atoms with Gasteiger partial charge in [-0.1, -0.05) is 19.1 Å². The van der Waals surface area contributed by atoms with Crippen molar-refractivity contribution in [2.45, 2.75) is 51.7 Å². The molecule has 3 heteroatoms. The van der Waals surface area contributed by atoms with Gasteiger partial charge in [0.05, 0.1) is 12.2 Å². The van der Waals surface area contributed by atoms with Gasteiger partial charge in [-0.25, -0.2) is 0 Å². The summed E-state index contributed by atoms with van der Waals surface area (Å²) in [7, 11) is 0. The molecule has 0 radical (unpaired) electrons. The minimum absolute atomic E-state index is 0.0190. The van der Waals surface area contributed by atoms with Crippen LogP contribution in [0.25, 0.3) is 0 Å². The van der Waals surface area contributed by atoms with Gasteiger partial charge in [0.1, 0.15) is 5.78 Å². The van der Waals surface area contributed by atoms with E-state index < -0.39 is 6.10 Å². The zero-order valence-electron chi connectivity index (χ0n) is 12.2. The van der Waals surface area contributed by atoms with Crippen LogP contribution >= 0.6 is 0 Å². The SMILES string of the molecule is CC#CC[C@H](C)[C@H](O)/C=C/[C@H]1[C@H]2CC(=O)C[C@H]2C[C@H]1O. The van der Waals surface area contributed by atoms with Gasteiger partial charge in [0, 0.05) is 25.2 Å². The maximum atomic E-state index is 11.5. The second-order valence-corrected chi connectivity index (χ2v) is 6.23. The second kappa shape index (κ2) is 6.56. The number of carbonyl (C=O) groups excluding carboxylic acids is 1. The number of hydrogen-bond donors (Lipinski definition) is 2. The van der Waals surface area contributed by atoms with Crippen LogP contribution in [0, 0.1) is 35.5 Å². The molecule has 0 aromatic rings. The lowest BCUT2D eigenvalue weighted by Gasteiger charge is -2.18. The molecule has 0 aromatic carbocycles. The normalized spacial score (nSPS) is 35.7. The molecule has 0 heterocycles. The highest BCUT2D eigenvalue weighted by atomic mass is 16.3. The van der Waals surface area contributed by atoms with Crippen LogP contribution in [0.1, 0.15) is 39.5 Å². The van der Waals surface area contributed by atoms with Crippen molar-refractivity contribution in [1.29, 1.82) is 0 Å². The molecule has 0 amide bonds. The first-order valence-corrected chi connectivity index (χ1v) is 7.48. The minimum Gasteiger partial charge on any atom is -0.392 e. The molecule has 0 aliphatic heterocycles. The first-order chi connectivity index (χ1) is 9.52. The zero-order valence-corrected chi connectivity index (χ0v) is 12.2. The van der Waals surface area contributed by atoms with Crippen LogP contribution in [-0.4, -0.2) is 28.2 Å². The first kappa shape index (κ1) is 15.3. The van der Waals surface area contributed by atoms with Gasteiger partial charge in [-0.15, -0.1) is 11.8 Å². The van der Waals surface area contributed by atoms with Gasteiger partial charge in [0.25, 0.3) is 0 Å². The van der Waals surface area contributed by atoms with Crippen molar-refractivity contribution in [3.8, 4) is 11.8 Å². The molecule has 2 saturated carbocycles. The Hall–Kier alpha value is -1.11. The van der Waals surface area contributed by atoms with Crippen LogP contribution in [0.5, 0.6) is 0 Å². The van der Waals surface area contributed by atoms with E-state index in [9.17, 15) is 15.0 Å². The Balaban J connectivity index is 1.95. The molecule has 2 N–H and O–H groups in total. The van der Waals surface area contributed by atoms with Gasteiger partial charge in [-0.3, -0.25) is 4.79 Å². The van der Waals surface area contributed by atoms with Gasteiger partial charge >= 0.3 is 0 Å². The Labute approximate surface area is 121 Å². The Morgan fingerprint density at radius 2 is 2.20 bits per heavy atom. The van der Waals surface area contributed by atoms with Gasteiger partial charge < -0.3 is 10.2 Å². The van der Waals surface area contributed by atoms with Crippen LogP contribution in [0.15, 0.2) is 12.2 Å². The molecule has 20 heavy (non-hydrogen) atoms. The molecule has 2 aliphatic carbocycles. The van der Waals surface area contributed by atoms with Crippen LogP contribution in [0.4, 0.5) is 0 Å². The average molecular weight is 276 g/mol. The number of ketones is 1. The third kappa shape index (κ3) is 3.31. The minimum atomic E-state index is -0.542. The van der Waals surface area contributed by atoms with E-state index in [1.807, 2.05) is 13.0 Å². The third-order valence-electron chi connectivity index (χ3n) is 4.76. The lowest BCUT2D eigenvalue weighted by molar-refractivity contribution is -0.118. The molecule has 0 unspecified atom stereocenters. The first-order valence-electron chi connectivity index (χ1n) is 7.48. The molecule has 0 saturated heterocycles. The smallest absolute Gasteiger partial charge is 0.133 e. The highest BCUT2D eigenvalue weighted by molar-refractivity contribution is 5.81. The van der Waals surface area contributed by atoms with Crippen molar-refractivity contribution in [1.82, 2.24) is 0 Å². The molecular formula is C17H24O3. The Morgan fingerprint density at radius 1 is 1.45 bits per heavy atom. The van der Waals surface area contributed by atoms with E-state index in [2.05, 4.69) is 11.8 Å². The topological polar surface area (TPSA) is 57.5 Å². The molecule has 2 rings (SSSR count). The summed E-state index contributed by atoms with van der Waals surface area (Å²) in [6, 6.07) is 0. The fraction of sp³-hybridized carbons (Fsp3) is 0.706. The maximum Gasteiger partial charge on any atom is 0.133 e. The van der Waals surface area contributed by atoms with E-state index >= 15 is 0 Å². The van der Waals surface area contributed by atoms with Crippen molar-refractivity contribution in [3.63, 3.8) is 0 Å². The number of carbonyl (C=O) groups is 1. The summed E-state index contributed by atoms with van der Waals surface area (Å²) in [4.78, 5) is 11.5. The number of hydrogen-bond acceptors (Lipinski definition) is 3. The van der Waals surface area contributed by atoms with Crippen LogP contribution in [0.2, 0.25) is 0 Å². The van der Waals surface area contributed by atoms with E-state index in [0.717, 1.165) is 6.42 Å². The lowest BCUT2D eigenvalue weighted by Crippen LogP contribution is -2.20. The van der Waals surface area contributed by atoms with Crippen LogP contribution in [-0.2, 0) is 4.79 Å². The highest BCUT2D eigenvalue weighted by Crippen LogP contribution is 2.46. The van der Waals surface area contributed by atoms with E-state index in [0.29, 0.717) is 31.0 Å². The van der Waals surface area contributed by atoms with E-state index in [1.54, 1.807) is 13.0 Å². The Kier molecular flexibility index (Phi) is 5.01. The molecule has 0 bridgehead atoms. The zero-order chi connectivity index (χ0) is 14.7. The molecule has 3 nitrogen and oxygen atoms in total. The van der Waals surface area contributed by atoms with Crippen molar-refractivity contribution in [2.75, 3.05) is 0 Å². The third-order valence-corrected chi connectivity index (χ3v) is 4.76. The standard InChI is InChI=1S/C17H24O3/c1-3-4-5-11(2)16(19)7-6-14-15-10-13(18)8-12(15)9-17(14)20/h6-7,11-12,14-17,19-20H,5,8-10H2,1-2H3/b7-6+/t11-,12-,14-,15-,16+,17+/m0/s1. The predicted molar refractivity (Wildman–Crippen MR) is 77.7 cm³/mol. The molecular weight excluding hydrogens is 252 g/mol. The maximum absolute atomic E-state index is 11.5. The molecule has 0 spiro atoms. The van der Waals surface area contributed by atoms with Gasteiger partial charge in [0.15, 0.2) is 0 Å². The number of Topliss-reactive ketones (excluding diaryl/α,β-unsaturated/α-hetero) is 1. The Morgan fingerprint density at radius 3 is 2.90 bits per heavy atom. The van der Waals surface area contributed by atoms with Crippen molar-refractivity contribution < 1.29 is 15.0 Å². The molecule has 6 atom stereocenters.